The summed E-state index contributed by atoms with van der Waals surface area (Å²) < 4.78 is 43.2. The normalized spacial score (nSPS) is 14.7. The van der Waals surface area contributed by atoms with Crippen molar-refractivity contribution in [3.8, 4) is 0 Å². The van der Waals surface area contributed by atoms with Crippen LogP contribution in [0.4, 0.5) is 10.1 Å². The number of halogens is 3. The average molecular weight is 548 g/mol. The summed E-state index contributed by atoms with van der Waals surface area (Å²) in [5.41, 5.74) is 1.89. The zero-order valence-corrected chi connectivity index (χ0v) is 21.3. The quantitative estimate of drug-likeness (QED) is 0.317. The van der Waals surface area contributed by atoms with Crippen LogP contribution >= 0.6 is 23.2 Å². The minimum absolute atomic E-state index is 0.0140. The van der Waals surface area contributed by atoms with Gasteiger partial charge in [-0.1, -0.05) is 36.2 Å². The lowest BCUT2D eigenvalue weighted by atomic mass is 9.95. The summed E-state index contributed by atoms with van der Waals surface area (Å²) in [6.45, 7) is 1.54. The summed E-state index contributed by atoms with van der Waals surface area (Å²) in [5.74, 6) is -0.387. The molecule has 0 saturated heterocycles. The zero-order chi connectivity index (χ0) is 25.7. The molecule has 1 aliphatic carbocycles. The van der Waals surface area contributed by atoms with Gasteiger partial charge in [-0.05, 0) is 48.7 Å². The van der Waals surface area contributed by atoms with Gasteiger partial charge in [0, 0.05) is 33.6 Å². The van der Waals surface area contributed by atoms with Crippen molar-refractivity contribution in [1.29, 1.82) is 0 Å². The van der Waals surface area contributed by atoms with Gasteiger partial charge in [0.1, 0.15) is 11.3 Å². The number of rotatable bonds is 7. The average Bonchev–Trinajstić information content (AvgIpc) is 3.50. The Labute approximate surface area is 216 Å². The molecule has 2 heterocycles. The number of oxazole rings is 1. The Hall–Kier alpha value is -3.01. The van der Waals surface area contributed by atoms with Crippen LogP contribution < -0.4 is 5.32 Å². The molecule has 2 aromatic carbocycles. The van der Waals surface area contributed by atoms with Gasteiger partial charge in [-0.15, -0.1) is 0 Å². The minimum atomic E-state index is -3.41. The summed E-state index contributed by atoms with van der Waals surface area (Å²) >= 11 is 13.2. The van der Waals surface area contributed by atoms with Crippen LogP contribution in [0.5, 0.6) is 0 Å². The van der Waals surface area contributed by atoms with E-state index in [0.29, 0.717) is 56.7 Å². The van der Waals surface area contributed by atoms with E-state index < -0.39 is 21.1 Å². The molecule has 0 aliphatic heterocycles. The van der Waals surface area contributed by atoms with Crippen molar-refractivity contribution >= 4 is 55.7 Å². The molecule has 0 atom stereocenters. The fourth-order valence-electron chi connectivity index (χ4n) is 4.14. The molecule has 1 aliphatic rings. The highest BCUT2D eigenvalue weighted by Gasteiger charge is 2.52. The van der Waals surface area contributed by atoms with Crippen LogP contribution in [0.25, 0.3) is 11.1 Å². The van der Waals surface area contributed by atoms with Gasteiger partial charge >= 0.3 is 0 Å². The highest BCUT2D eigenvalue weighted by atomic mass is 35.5. The van der Waals surface area contributed by atoms with Crippen molar-refractivity contribution in [1.82, 2.24) is 9.97 Å². The van der Waals surface area contributed by atoms with E-state index in [1.54, 1.807) is 31.2 Å². The first-order valence-electron chi connectivity index (χ1n) is 11.1. The molecule has 0 unspecified atom stereocenters. The predicted molar refractivity (Wildman–Crippen MR) is 135 cm³/mol. The maximum absolute atomic E-state index is 13.6. The van der Waals surface area contributed by atoms with Crippen molar-refractivity contribution in [3.05, 3.63) is 81.5 Å². The molecule has 186 valence electrons. The molecule has 1 fully saturated rings. The molecular formula is C25H20Cl2FN3O4S. The molecule has 4 aromatic rings. The number of amides is 1. The van der Waals surface area contributed by atoms with Crippen LogP contribution in [0.2, 0.25) is 10.0 Å². The number of nitrogens with one attached hydrogen (secondary N) is 1. The van der Waals surface area contributed by atoms with Crippen molar-refractivity contribution in [2.45, 2.75) is 36.6 Å². The smallest absolute Gasteiger partial charge is 0.228 e. The molecule has 1 N–H and O–H groups in total. The molecule has 1 amide bonds. The van der Waals surface area contributed by atoms with Crippen molar-refractivity contribution in [3.63, 3.8) is 0 Å². The number of carbonyl (C=O) groups excluding carboxylic acids is 1. The van der Waals surface area contributed by atoms with Crippen LogP contribution in [0.15, 0.2) is 58.1 Å². The first-order chi connectivity index (χ1) is 17.1. The second-order valence-corrected chi connectivity index (χ2v) is 11.7. The van der Waals surface area contributed by atoms with Crippen LogP contribution in [-0.2, 0) is 26.5 Å². The number of anilines is 1. The predicted octanol–water partition coefficient (Wildman–Crippen LogP) is 5.72. The minimum Gasteiger partial charge on any atom is -0.440 e. The van der Waals surface area contributed by atoms with E-state index in [1.807, 2.05) is 0 Å². The highest BCUT2D eigenvalue weighted by Crippen LogP contribution is 2.57. The fraction of sp³-hybridized carbons (Fsp3) is 0.240. The molecule has 11 heteroatoms. The van der Waals surface area contributed by atoms with Crippen LogP contribution in [0.3, 0.4) is 0 Å². The van der Waals surface area contributed by atoms with Gasteiger partial charge in [0.2, 0.25) is 11.8 Å². The molecule has 36 heavy (non-hydrogen) atoms. The summed E-state index contributed by atoms with van der Waals surface area (Å²) in [6, 6.07) is 10.3. The standard InChI is InChI=1S/C25H20Cl2FN3O4S/c1-2-36(33,34)22-6-3-14(13-29-22)9-21(32)30-16-11-17(26)23(18(27)12-16)25(7-8-25)24-31-19-5-4-15(28)10-20(19)35-24/h3-6,10-13H,2,7-9H2,1H3,(H,30,32). The maximum atomic E-state index is 13.6. The van der Waals surface area contributed by atoms with Crippen LogP contribution in [0, 0.1) is 5.82 Å². The summed E-state index contributed by atoms with van der Waals surface area (Å²) in [6.07, 6.45) is 2.78. The van der Waals surface area contributed by atoms with Crippen LogP contribution in [-0.4, -0.2) is 30.0 Å². The first kappa shape index (κ1) is 24.7. The lowest BCUT2D eigenvalue weighted by Gasteiger charge is -2.17. The van der Waals surface area contributed by atoms with Crippen molar-refractivity contribution in [2.75, 3.05) is 11.1 Å². The van der Waals surface area contributed by atoms with Crippen molar-refractivity contribution in [2.24, 2.45) is 0 Å². The van der Waals surface area contributed by atoms with Gasteiger partial charge < -0.3 is 9.73 Å². The second-order valence-electron chi connectivity index (χ2n) is 8.66. The topological polar surface area (TPSA) is 102 Å². The molecular weight excluding hydrogens is 528 g/mol. The van der Waals surface area contributed by atoms with E-state index in [4.69, 9.17) is 27.6 Å². The van der Waals surface area contributed by atoms with E-state index in [-0.39, 0.29) is 23.1 Å². The van der Waals surface area contributed by atoms with E-state index in [1.165, 1.54) is 24.4 Å². The number of fused-ring (bicyclic) bond motifs is 1. The summed E-state index contributed by atoms with van der Waals surface area (Å²) in [4.78, 5) is 21.1. The van der Waals surface area contributed by atoms with E-state index in [9.17, 15) is 17.6 Å². The van der Waals surface area contributed by atoms with Gasteiger partial charge in [-0.2, -0.15) is 0 Å². The molecule has 2 aromatic heterocycles. The van der Waals surface area contributed by atoms with E-state index in [0.717, 1.165) is 0 Å². The van der Waals surface area contributed by atoms with E-state index in [2.05, 4.69) is 15.3 Å². The Balaban J connectivity index is 1.34. The number of nitrogens with zero attached hydrogens (tertiary/aromatic N) is 2. The Morgan fingerprint density at radius 2 is 1.86 bits per heavy atom. The number of aromatic nitrogens is 2. The van der Waals surface area contributed by atoms with Gasteiger partial charge in [0.05, 0.1) is 17.6 Å². The zero-order valence-electron chi connectivity index (χ0n) is 19.0. The van der Waals surface area contributed by atoms with Gasteiger partial charge in [-0.3, -0.25) is 4.79 Å². The van der Waals surface area contributed by atoms with E-state index >= 15 is 0 Å². The number of hydrogen-bond donors (Lipinski definition) is 1. The monoisotopic (exact) mass is 547 g/mol. The molecule has 7 nitrogen and oxygen atoms in total. The van der Waals surface area contributed by atoms with Crippen LogP contribution in [0.1, 0.15) is 36.8 Å². The lowest BCUT2D eigenvalue weighted by Crippen LogP contribution is -2.16. The number of carbonyl (C=O) groups is 1. The summed E-state index contributed by atoms with van der Waals surface area (Å²) in [5, 5.41) is 3.43. The van der Waals surface area contributed by atoms with Gasteiger partial charge in [0.15, 0.2) is 20.4 Å². The van der Waals surface area contributed by atoms with Gasteiger partial charge in [0.25, 0.3) is 0 Å². The van der Waals surface area contributed by atoms with Crippen molar-refractivity contribution < 1.29 is 22.0 Å². The summed E-state index contributed by atoms with van der Waals surface area (Å²) in [7, 11) is -3.41. The molecule has 1 saturated carbocycles. The number of hydrogen-bond acceptors (Lipinski definition) is 6. The number of benzene rings is 2. The number of sulfone groups is 1. The lowest BCUT2D eigenvalue weighted by molar-refractivity contribution is -0.115. The Morgan fingerprint density at radius 1 is 1.14 bits per heavy atom. The molecule has 0 radical (unpaired) electrons. The fourth-order valence-corrected chi connectivity index (χ4v) is 5.77. The third kappa shape index (κ3) is 4.58. The Bertz CT molecular complexity index is 1580. The third-order valence-corrected chi connectivity index (χ3v) is 8.41. The molecule has 0 spiro atoms. The highest BCUT2D eigenvalue weighted by molar-refractivity contribution is 7.91. The molecule has 5 rings (SSSR count). The third-order valence-electron chi connectivity index (χ3n) is 6.18. The Kier molecular flexibility index (Phi) is 6.26. The Morgan fingerprint density at radius 3 is 2.47 bits per heavy atom. The first-order valence-corrected chi connectivity index (χ1v) is 13.6. The second kappa shape index (κ2) is 9.14. The molecule has 0 bridgehead atoms. The van der Waals surface area contributed by atoms with Gasteiger partial charge in [-0.25, -0.2) is 22.8 Å². The largest absolute Gasteiger partial charge is 0.440 e. The maximum Gasteiger partial charge on any atom is 0.228 e. The SMILES string of the molecule is CCS(=O)(=O)c1ccc(CC(=O)Nc2cc(Cl)c(C3(c4nc5ccc(F)cc5o4)CC3)c(Cl)c2)cn1. The number of pyridine rings is 1.